The number of hydrogen-bond acceptors (Lipinski definition) is 5. The van der Waals surface area contributed by atoms with E-state index in [0.29, 0.717) is 42.3 Å². The highest BCUT2D eigenvalue weighted by molar-refractivity contribution is 6.31. The number of hydrogen-bond donors (Lipinski definition) is 2. The largest absolute Gasteiger partial charge is 0.376 e. The number of nitrogens with one attached hydrogen (secondary N) is 1. The Hall–Kier alpha value is -3.17. The van der Waals surface area contributed by atoms with Crippen molar-refractivity contribution in [3.63, 3.8) is 0 Å². The number of aliphatic hydroxyl groups is 1. The van der Waals surface area contributed by atoms with E-state index in [9.17, 15) is 9.50 Å². The van der Waals surface area contributed by atoms with E-state index in [1.807, 2.05) is 61.9 Å². The first-order valence-electron chi connectivity index (χ1n) is 16.3. The van der Waals surface area contributed by atoms with Crippen LogP contribution in [-0.2, 0) is 5.54 Å². The summed E-state index contributed by atoms with van der Waals surface area (Å²) in [6, 6.07) is 20.0. The molecule has 2 unspecified atom stereocenters. The van der Waals surface area contributed by atoms with E-state index < -0.39 is 17.4 Å². The van der Waals surface area contributed by atoms with Gasteiger partial charge in [0.05, 0.1) is 5.69 Å². The molecule has 1 aromatic heterocycles. The lowest BCUT2D eigenvalue weighted by molar-refractivity contribution is -0.147. The summed E-state index contributed by atoms with van der Waals surface area (Å²) in [6.07, 6.45) is 2.89. The normalized spacial score (nSPS) is 22.7. The average Bonchev–Trinajstić information content (AvgIpc) is 3.62. The van der Waals surface area contributed by atoms with Crippen LogP contribution in [0.2, 0.25) is 5.02 Å². The topological polar surface area (TPSA) is 66.2 Å². The smallest absolute Gasteiger partial charge is 0.148 e. The van der Waals surface area contributed by atoms with Crippen LogP contribution in [0.15, 0.2) is 66.7 Å². The Morgan fingerprint density at radius 2 is 1.65 bits per heavy atom. The van der Waals surface area contributed by atoms with Crippen molar-refractivity contribution in [1.82, 2.24) is 25.0 Å². The van der Waals surface area contributed by atoms with E-state index in [4.69, 9.17) is 21.7 Å². The SMILES string of the molecule is Cc1nc(C2CCN(C(C)(O)[C@@H]3CC(NC(C)(C)c4ccccc4)C[C@H]3c3ccc(F)cc3F)CC2)n(-c2ccc(Cl)c(C)c2)n1. The first-order valence-corrected chi connectivity index (χ1v) is 16.7. The standard InChI is InChI=1S/C37H44ClF2N5O/c1-23-19-29(12-14-33(23)38)45-35(41-24(2)43-45)25-15-17-44(18-16-25)37(5,46)32-22-28(42-36(3,4)26-9-7-6-8-10-26)21-31(32)30-13-11-27(39)20-34(30)40/h6-14,19-20,25,28,31-32,42,46H,15-18,21-22H2,1-5H3/t28?,31-,32+,37?/m0/s1. The molecule has 2 fully saturated rings. The van der Waals surface area contributed by atoms with E-state index in [0.717, 1.165) is 41.5 Å². The van der Waals surface area contributed by atoms with Crippen molar-refractivity contribution in [2.45, 2.75) is 89.4 Å². The number of aryl methyl sites for hydroxylation is 2. The van der Waals surface area contributed by atoms with Gasteiger partial charge in [-0.3, -0.25) is 4.90 Å². The zero-order chi connectivity index (χ0) is 32.8. The summed E-state index contributed by atoms with van der Waals surface area (Å²) >= 11 is 6.29. The lowest BCUT2D eigenvalue weighted by Crippen LogP contribution is -2.55. The zero-order valence-corrected chi connectivity index (χ0v) is 28.0. The van der Waals surface area contributed by atoms with Crippen molar-refractivity contribution in [3.8, 4) is 5.69 Å². The molecular weight excluding hydrogens is 604 g/mol. The molecule has 3 aromatic carbocycles. The van der Waals surface area contributed by atoms with Crippen molar-refractivity contribution in [3.05, 3.63) is 112 Å². The molecule has 4 atom stereocenters. The molecule has 1 saturated heterocycles. The number of halogens is 3. The highest BCUT2D eigenvalue weighted by atomic mass is 35.5. The number of nitrogens with zero attached hydrogens (tertiary/aromatic N) is 4. The quantitative estimate of drug-likeness (QED) is 0.204. The highest BCUT2D eigenvalue weighted by Crippen LogP contribution is 2.49. The molecule has 1 saturated carbocycles. The third-order valence-corrected chi connectivity index (χ3v) is 10.7. The average molecular weight is 648 g/mol. The first kappa shape index (κ1) is 32.8. The van der Waals surface area contributed by atoms with Gasteiger partial charge in [-0.1, -0.05) is 48.0 Å². The van der Waals surface area contributed by atoms with Crippen LogP contribution in [0.3, 0.4) is 0 Å². The number of rotatable bonds is 8. The second kappa shape index (κ2) is 12.8. The summed E-state index contributed by atoms with van der Waals surface area (Å²) in [5.74, 6) is 0.0923. The Kier molecular flexibility index (Phi) is 9.11. The number of benzene rings is 3. The van der Waals surface area contributed by atoms with Crippen LogP contribution in [0.1, 0.15) is 86.6 Å². The van der Waals surface area contributed by atoms with Gasteiger partial charge in [0.25, 0.3) is 0 Å². The summed E-state index contributed by atoms with van der Waals surface area (Å²) in [5, 5.41) is 21.6. The van der Waals surface area contributed by atoms with Crippen LogP contribution in [0.5, 0.6) is 0 Å². The molecule has 9 heteroatoms. The Bertz CT molecular complexity index is 1680. The molecule has 0 spiro atoms. The molecule has 6 rings (SSSR count). The summed E-state index contributed by atoms with van der Waals surface area (Å²) in [5.41, 5.74) is 2.00. The first-order chi connectivity index (χ1) is 21.8. The molecule has 2 aliphatic rings. The van der Waals surface area contributed by atoms with E-state index in [2.05, 4.69) is 36.2 Å². The van der Waals surface area contributed by atoms with Crippen molar-refractivity contribution in [2.24, 2.45) is 5.92 Å². The van der Waals surface area contributed by atoms with Crippen LogP contribution >= 0.6 is 11.6 Å². The minimum Gasteiger partial charge on any atom is -0.376 e. The summed E-state index contributed by atoms with van der Waals surface area (Å²) < 4.78 is 31.2. The van der Waals surface area contributed by atoms with Gasteiger partial charge in [-0.05, 0) is 107 Å². The number of likely N-dealkylation sites (tertiary alicyclic amines) is 1. The van der Waals surface area contributed by atoms with Gasteiger partial charge >= 0.3 is 0 Å². The molecule has 0 radical (unpaired) electrons. The Morgan fingerprint density at radius 1 is 0.935 bits per heavy atom. The monoisotopic (exact) mass is 647 g/mol. The van der Waals surface area contributed by atoms with E-state index in [1.165, 1.54) is 6.07 Å². The van der Waals surface area contributed by atoms with Crippen molar-refractivity contribution in [2.75, 3.05) is 13.1 Å². The molecule has 244 valence electrons. The maximum absolute atomic E-state index is 15.3. The predicted octanol–water partition coefficient (Wildman–Crippen LogP) is 7.79. The summed E-state index contributed by atoms with van der Waals surface area (Å²) in [4.78, 5) is 6.97. The van der Waals surface area contributed by atoms with Gasteiger partial charge < -0.3 is 10.4 Å². The maximum atomic E-state index is 15.3. The molecule has 0 amide bonds. The van der Waals surface area contributed by atoms with E-state index in [-0.39, 0.29) is 29.3 Å². The Balaban J connectivity index is 1.23. The number of piperidine rings is 1. The van der Waals surface area contributed by atoms with Crippen LogP contribution in [-0.4, -0.2) is 49.6 Å². The maximum Gasteiger partial charge on any atom is 0.148 e. The second-order valence-electron chi connectivity index (χ2n) is 13.9. The predicted molar refractivity (Wildman–Crippen MR) is 178 cm³/mol. The molecule has 1 aliphatic heterocycles. The third kappa shape index (κ3) is 6.50. The van der Waals surface area contributed by atoms with Crippen LogP contribution in [0.25, 0.3) is 5.69 Å². The van der Waals surface area contributed by atoms with Gasteiger partial charge in [0.1, 0.15) is 29.0 Å². The molecule has 2 N–H and O–H groups in total. The molecule has 6 nitrogen and oxygen atoms in total. The van der Waals surface area contributed by atoms with Gasteiger partial charge in [-0.2, -0.15) is 5.10 Å². The fraction of sp³-hybridized carbons (Fsp3) is 0.459. The minimum atomic E-state index is -1.21. The molecule has 1 aliphatic carbocycles. The van der Waals surface area contributed by atoms with Crippen molar-refractivity contribution < 1.29 is 13.9 Å². The minimum absolute atomic E-state index is 0.0306. The molecule has 46 heavy (non-hydrogen) atoms. The van der Waals surface area contributed by atoms with Crippen molar-refractivity contribution in [1.29, 1.82) is 0 Å². The fourth-order valence-corrected chi connectivity index (χ4v) is 7.94. The summed E-state index contributed by atoms with van der Waals surface area (Å²) in [7, 11) is 0. The van der Waals surface area contributed by atoms with Crippen LogP contribution in [0, 0.1) is 31.4 Å². The van der Waals surface area contributed by atoms with E-state index >= 15 is 4.39 Å². The van der Waals surface area contributed by atoms with E-state index in [1.54, 1.807) is 6.07 Å². The second-order valence-corrected chi connectivity index (χ2v) is 14.3. The fourth-order valence-electron chi connectivity index (χ4n) is 7.83. The lowest BCUT2D eigenvalue weighted by atomic mass is 9.80. The van der Waals surface area contributed by atoms with Crippen LogP contribution < -0.4 is 5.32 Å². The van der Waals surface area contributed by atoms with Gasteiger partial charge in [0.15, 0.2) is 0 Å². The molecule has 4 aromatic rings. The Labute approximate surface area is 275 Å². The van der Waals surface area contributed by atoms with Gasteiger partial charge in [-0.15, -0.1) is 0 Å². The number of aromatic nitrogens is 3. The molecule has 2 heterocycles. The highest BCUT2D eigenvalue weighted by Gasteiger charge is 2.50. The lowest BCUT2D eigenvalue weighted by Gasteiger charge is -2.46. The van der Waals surface area contributed by atoms with Crippen LogP contribution in [0.4, 0.5) is 8.78 Å². The molecular formula is C37H44ClF2N5O. The zero-order valence-electron chi connectivity index (χ0n) is 27.3. The van der Waals surface area contributed by atoms with Gasteiger partial charge in [-0.25, -0.2) is 18.4 Å². The third-order valence-electron chi connectivity index (χ3n) is 10.3. The van der Waals surface area contributed by atoms with Gasteiger partial charge in [0, 0.05) is 47.6 Å². The van der Waals surface area contributed by atoms with Gasteiger partial charge in [0.2, 0.25) is 0 Å². The summed E-state index contributed by atoms with van der Waals surface area (Å²) in [6.45, 7) is 11.4. The Morgan fingerprint density at radius 3 is 2.33 bits per heavy atom. The molecule has 0 bridgehead atoms. The van der Waals surface area contributed by atoms with Crippen molar-refractivity contribution >= 4 is 11.6 Å².